The predicted molar refractivity (Wildman–Crippen MR) is 76.4 cm³/mol. The number of hydrazone groups is 1. The van der Waals surface area contributed by atoms with Crippen molar-refractivity contribution >= 4 is 31.9 Å². The molecule has 0 saturated heterocycles. The van der Waals surface area contributed by atoms with Crippen LogP contribution in [0.3, 0.4) is 0 Å². The van der Waals surface area contributed by atoms with Gasteiger partial charge in [0.1, 0.15) is 0 Å². The third kappa shape index (κ3) is 3.59. The molecule has 0 atom stereocenters. The number of benzene rings is 1. The summed E-state index contributed by atoms with van der Waals surface area (Å²) < 4.78 is 0.548. The molecular weight excluding hydrogens is 312 g/mol. The topological polar surface area (TPSA) is 80.4 Å². The number of rotatable bonds is 4. The molecule has 0 bridgehead atoms. The van der Waals surface area contributed by atoms with Crippen LogP contribution in [0.4, 0.5) is 11.4 Å². The molecule has 0 unspecified atom stereocenters. The third-order valence-electron chi connectivity index (χ3n) is 2.24. The summed E-state index contributed by atoms with van der Waals surface area (Å²) in [6.07, 6.45) is 1.66. The molecule has 0 amide bonds. The molecule has 1 aromatic carbocycles. The van der Waals surface area contributed by atoms with Crippen LogP contribution in [0, 0.1) is 10.1 Å². The lowest BCUT2D eigenvalue weighted by Gasteiger charge is -2.01. The predicted octanol–water partition coefficient (Wildman–Crippen LogP) is 3.16. The fourth-order valence-corrected chi connectivity index (χ4v) is 1.64. The standard InChI is InChI=1S/C12H9BrN4O2/c13-12(11-3-1-2-8-14-11)16-15-9-4-6-10(7-5-9)17(18)19/h1-8,15H/b16-12-. The highest BCUT2D eigenvalue weighted by atomic mass is 79.9. The van der Waals surface area contributed by atoms with Gasteiger partial charge in [-0.25, -0.2) is 0 Å². The van der Waals surface area contributed by atoms with Gasteiger partial charge >= 0.3 is 0 Å². The molecule has 1 heterocycles. The number of aromatic nitrogens is 1. The van der Waals surface area contributed by atoms with Crippen molar-refractivity contribution in [2.45, 2.75) is 0 Å². The Morgan fingerprint density at radius 3 is 2.58 bits per heavy atom. The van der Waals surface area contributed by atoms with E-state index in [2.05, 4.69) is 31.4 Å². The molecule has 1 aromatic heterocycles. The molecule has 0 aliphatic carbocycles. The van der Waals surface area contributed by atoms with Gasteiger partial charge in [0.2, 0.25) is 0 Å². The van der Waals surface area contributed by atoms with Gasteiger partial charge in [0.15, 0.2) is 4.62 Å². The Labute approximate surface area is 117 Å². The van der Waals surface area contributed by atoms with Gasteiger partial charge in [0.05, 0.1) is 16.3 Å². The molecule has 2 rings (SSSR count). The average Bonchev–Trinajstić information content (AvgIpc) is 2.46. The molecule has 0 saturated carbocycles. The van der Waals surface area contributed by atoms with Gasteiger partial charge in [-0.05, 0) is 40.2 Å². The van der Waals surface area contributed by atoms with E-state index >= 15 is 0 Å². The highest BCUT2D eigenvalue weighted by molar-refractivity contribution is 9.18. The van der Waals surface area contributed by atoms with E-state index in [-0.39, 0.29) is 5.69 Å². The number of hydrogen-bond acceptors (Lipinski definition) is 5. The van der Waals surface area contributed by atoms with Crippen LogP contribution in [0.2, 0.25) is 0 Å². The molecule has 7 heteroatoms. The minimum Gasteiger partial charge on any atom is -0.277 e. The Balaban J connectivity index is 2.08. The fraction of sp³-hybridized carbons (Fsp3) is 0. The van der Waals surface area contributed by atoms with Gasteiger partial charge in [-0.1, -0.05) is 6.07 Å². The second-order valence-electron chi connectivity index (χ2n) is 3.53. The van der Waals surface area contributed by atoms with Crippen LogP contribution in [0.5, 0.6) is 0 Å². The van der Waals surface area contributed by atoms with Gasteiger partial charge in [-0.3, -0.25) is 20.5 Å². The summed E-state index contributed by atoms with van der Waals surface area (Å²) in [6.45, 7) is 0. The number of anilines is 1. The maximum atomic E-state index is 10.5. The summed E-state index contributed by atoms with van der Waals surface area (Å²) in [4.78, 5) is 14.2. The largest absolute Gasteiger partial charge is 0.277 e. The van der Waals surface area contributed by atoms with E-state index < -0.39 is 4.92 Å². The number of hydrogen-bond donors (Lipinski definition) is 1. The number of non-ortho nitro benzene ring substituents is 1. The van der Waals surface area contributed by atoms with Gasteiger partial charge < -0.3 is 0 Å². The molecule has 2 aromatic rings. The minimum absolute atomic E-state index is 0.0401. The zero-order chi connectivity index (χ0) is 13.7. The van der Waals surface area contributed by atoms with Crippen molar-refractivity contribution in [2.24, 2.45) is 5.10 Å². The normalized spacial score (nSPS) is 11.1. The van der Waals surface area contributed by atoms with Crippen LogP contribution in [-0.2, 0) is 0 Å². The van der Waals surface area contributed by atoms with Crippen LogP contribution in [0.1, 0.15) is 5.69 Å². The summed E-state index contributed by atoms with van der Waals surface area (Å²) >= 11 is 3.30. The number of halogens is 1. The summed E-state index contributed by atoms with van der Waals surface area (Å²) in [6, 6.07) is 11.5. The molecule has 6 nitrogen and oxygen atoms in total. The second-order valence-corrected chi connectivity index (χ2v) is 4.28. The van der Waals surface area contributed by atoms with Gasteiger partial charge in [0.25, 0.3) is 5.69 Å². The average molecular weight is 321 g/mol. The minimum atomic E-state index is -0.448. The number of nitro groups is 1. The van der Waals surface area contributed by atoms with Gasteiger partial charge in [-0.15, -0.1) is 0 Å². The van der Waals surface area contributed by atoms with E-state index in [4.69, 9.17) is 0 Å². The lowest BCUT2D eigenvalue weighted by molar-refractivity contribution is -0.384. The fourth-order valence-electron chi connectivity index (χ4n) is 1.31. The number of nitrogens with zero attached hydrogens (tertiary/aromatic N) is 3. The van der Waals surface area contributed by atoms with Crippen LogP contribution >= 0.6 is 15.9 Å². The van der Waals surface area contributed by atoms with E-state index in [0.717, 1.165) is 0 Å². The Bertz CT molecular complexity index is 599. The van der Waals surface area contributed by atoms with E-state index in [1.165, 1.54) is 12.1 Å². The van der Waals surface area contributed by atoms with Crippen LogP contribution < -0.4 is 5.43 Å². The highest BCUT2D eigenvalue weighted by Gasteiger charge is 2.04. The highest BCUT2D eigenvalue weighted by Crippen LogP contribution is 2.15. The maximum absolute atomic E-state index is 10.5. The van der Waals surface area contributed by atoms with Crippen molar-refractivity contribution in [3.8, 4) is 0 Å². The maximum Gasteiger partial charge on any atom is 0.269 e. The van der Waals surface area contributed by atoms with Crippen molar-refractivity contribution in [3.05, 3.63) is 64.5 Å². The van der Waals surface area contributed by atoms with Crippen LogP contribution in [-0.4, -0.2) is 14.5 Å². The first-order valence-corrected chi connectivity index (χ1v) is 6.11. The smallest absolute Gasteiger partial charge is 0.269 e. The lowest BCUT2D eigenvalue weighted by Crippen LogP contribution is -1.98. The van der Waals surface area contributed by atoms with Crippen molar-refractivity contribution in [2.75, 3.05) is 5.43 Å². The molecule has 0 radical (unpaired) electrons. The Kier molecular flexibility index (Phi) is 4.19. The van der Waals surface area contributed by atoms with Crippen molar-refractivity contribution in [3.63, 3.8) is 0 Å². The first kappa shape index (κ1) is 13.2. The van der Waals surface area contributed by atoms with Crippen molar-refractivity contribution < 1.29 is 4.92 Å². The summed E-state index contributed by atoms with van der Waals surface area (Å²) in [5.41, 5.74) is 4.17. The number of nitrogens with one attached hydrogen (secondary N) is 1. The Hall–Kier alpha value is -2.28. The molecule has 1 N–H and O–H groups in total. The summed E-state index contributed by atoms with van der Waals surface area (Å²) in [7, 11) is 0. The molecule has 19 heavy (non-hydrogen) atoms. The zero-order valence-corrected chi connectivity index (χ0v) is 11.2. The monoisotopic (exact) mass is 320 g/mol. The number of pyridine rings is 1. The van der Waals surface area contributed by atoms with Gasteiger partial charge in [0, 0.05) is 18.3 Å². The Morgan fingerprint density at radius 1 is 1.26 bits per heavy atom. The van der Waals surface area contributed by atoms with E-state index in [9.17, 15) is 10.1 Å². The van der Waals surface area contributed by atoms with Gasteiger partial charge in [-0.2, -0.15) is 5.10 Å². The number of nitro benzene ring substituents is 1. The first-order chi connectivity index (χ1) is 9.16. The molecule has 0 fully saturated rings. The van der Waals surface area contributed by atoms with Crippen LogP contribution in [0.15, 0.2) is 53.8 Å². The SMILES string of the molecule is O=[N+]([O-])c1ccc(N/N=C(\Br)c2ccccn2)cc1. The zero-order valence-electron chi connectivity index (χ0n) is 9.65. The molecule has 0 aliphatic rings. The van der Waals surface area contributed by atoms with E-state index in [0.29, 0.717) is 16.0 Å². The van der Waals surface area contributed by atoms with Crippen LogP contribution in [0.25, 0.3) is 0 Å². The summed E-state index contributed by atoms with van der Waals surface area (Å²) in [5.74, 6) is 0. The lowest BCUT2D eigenvalue weighted by atomic mass is 10.3. The third-order valence-corrected chi connectivity index (χ3v) is 2.82. The second kappa shape index (κ2) is 6.05. The van der Waals surface area contributed by atoms with Crippen molar-refractivity contribution in [1.82, 2.24) is 4.98 Å². The Morgan fingerprint density at radius 2 is 2.00 bits per heavy atom. The van der Waals surface area contributed by atoms with E-state index in [1.807, 2.05) is 18.2 Å². The first-order valence-electron chi connectivity index (χ1n) is 5.32. The molecule has 0 aliphatic heterocycles. The van der Waals surface area contributed by atoms with Crippen molar-refractivity contribution in [1.29, 1.82) is 0 Å². The molecular formula is C12H9BrN4O2. The molecule has 96 valence electrons. The summed E-state index contributed by atoms with van der Waals surface area (Å²) in [5, 5.41) is 14.6. The quantitative estimate of drug-likeness (QED) is 0.533. The van der Waals surface area contributed by atoms with E-state index in [1.54, 1.807) is 18.3 Å². The molecule has 0 spiro atoms.